The van der Waals surface area contributed by atoms with Crippen LogP contribution >= 0.6 is 11.8 Å². The third-order valence-corrected chi connectivity index (χ3v) is 3.71. The van der Waals surface area contributed by atoms with Gasteiger partial charge in [0.15, 0.2) is 0 Å². The van der Waals surface area contributed by atoms with Crippen molar-refractivity contribution >= 4 is 40.8 Å². The van der Waals surface area contributed by atoms with E-state index < -0.39 is 47.6 Å². The number of carbonyl (C=O) groups is 5. The van der Waals surface area contributed by atoms with Gasteiger partial charge < -0.3 is 26.6 Å². The normalized spacial score (nSPS) is 12.6. The van der Waals surface area contributed by atoms with Crippen LogP contribution in [0.4, 0.5) is 4.79 Å². The van der Waals surface area contributed by atoms with E-state index in [0.717, 1.165) is 7.05 Å². The van der Waals surface area contributed by atoms with Crippen molar-refractivity contribution in [2.45, 2.75) is 24.9 Å². The van der Waals surface area contributed by atoms with Gasteiger partial charge in [-0.25, -0.2) is 5.06 Å². The maximum Gasteiger partial charge on any atom is 0.322 e. The molecule has 13 heteroatoms. The molecule has 25 heavy (non-hydrogen) atoms. The molecule has 2 atom stereocenters. The highest BCUT2D eigenvalue weighted by Gasteiger charge is 2.24. The molecule has 0 aliphatic carbocycles. The molecule has 0 aliphatic rings. The molecule has 0 aliphatic heterocycles. The topological polar surface area (TPSA) is 199 Å². The molecule has 7 N–H and O–H groups in total. The van der Waals surface area contributed by atoms with Crippen molar-refractivity contribution in [2.75, 3.05) is 19.3 Å². The van der Waals surface area contributed by atoms with Crippen molar-refractivity contribution in [3.63, 3.8) is 0 Å². The number of nitrogens with one attached hydrogen (secondary N) is 2. The van der Waals surface area contributed by atoms with Gasteiger partial charge in [0.1, 0.15) is 18.6 Å². The van der Waals surface area contributed by atoms with Crippen LogP contribution in [0.2, 0.25) is 0 Å². The lowest BCUT2D eigenvalue weighted by Gasteiger charge is -2.18. The van der Waals surface area contributed by atoms with E-state index in [1.54, 1.807) is 0 Å². The molecule has 142 valence electrons. The van der Waals surface area contributed by atoms with Crippen molar-refractivity contribution in [1.82, 2.24) is 15.7 Å². The van der Waals surface area contributed by atoms with Crippen molar-refractivity contribution in [1.29, 1.82) is 0 Å². The number of thioether (sulfide) groups is 1. The minimum Gasteiger partial charge on any atom is -0.480 e. The van der Waals surface area contributed by atoms with E-state index in [2.05, 4.69) is 10.6 Å². The molecule has 0 aromatic heterocycles. The molecule has 0 saturated carbocycles. The molecule has 3 amide bonds. The molecule has 0 saturated heterocycles. The molecule has 0 bridgehead atoms. The van der Waals surface area contributed by atoms with Crippen LogP contribution in [0.3, 0.4) is 0 Å². The number of nitrogens with two attached hydrogens (primary N) is 1. The van der Waals surface area contributed by atoms with Gasteiger partial charge in [0, 0.05) is 19.2 Å². The van der Waals surface area contributed by atoms with E-state index in [1.807, 2.05) is 0 Å². The van der Waals surface area contributed by atoms with Crippen LogP contribution in [0.5, 0.6) is 0 Å². The second-order valence-corrected chi connectivity index (χ2v) is 5.79. The van der Waals surface area contributed by atoms with Crippen LogP contribution in [0.15, 0.2) is 0 Å². The van der Waals surface area contributed by atoms with E-state index in [4.69, 9.17) is 21.2 Å². The summed E-state index contributed by atoms with van der Waals surface area (Å²) in [6, 6.07) is -2.51. The molecule has 0 unspecified atom stereocenters. The second-order valence-electron chi connectivity index (χ2n) is 4.82. The number of carbonyl (C=O) groups excluding carboxylic acids is 3. The van der Waals surface area contributed by atoms with Crippen LogP contribution in [0, 0.1) is 0 Å². The first-order valence-corrected chi connectivity index (χ1v) is 7.89. The van der Waals surface area contributed by atoms with Crippen molar-refractivity contribution in [3.8, 4) is 0 Å². The number of carboxylic acid groups (broad SMARTS) is 2. The van der Waals surface area contributed by atoms with Crippen LogP contribution in [-0.2, 0) is 19.2 Å². The number of nitrogens with zero attached hydrogens (tertiary/aromatic N) is 1. The number of amides is 3. The fourth-order valence-corrected chi connectivity index (χ4v) is 2.12. The predicted octanol–water partition coefficient (Wildman–Crippen LogP) is -1.96. The van der Waals surface area contributed by atoms with Crippen molar-refractivity contribution < 1.29 is 39.4 Å². The monoisotopic (exact) mass is 380 g/mol. The van der Waals surface area contributed by atoms with Gasteiger partial charge in [0.2, 0.25) is 11.8 Å². The number of rotatable bonds is 10. The highest BCUT2D eigenvalue weighted by atomic mass is 32.2. The zero-order chi connectivity index (χ0) is 19.6. The standard InChI is InChI=1S/C12H20N4O8S/c1-16(24)12(23)25-5-7(10(20)14-4-9(18)19)15-8(17)3-2-6(13)11(21)22/h6-7,24H,2-5,13H2,1H3,(H,14,20)(H,15,17)(H,18,19)(H,21,22)/t6-,7-/m0/s1. The first-order chi connectivity index (χ1) is 11.5. The summed E-state index contributed by atoms with van der Waals surface area (Å²) in [5.41, 5.74) is 5.26. The summed E-state index contributed by atoms with van der Waals surface area (Å²) in [6.45, 7) is -0.687. The second kappa shape index (κ2) is 11.2. The number of hydroxylamine groups is 2. The minimum absolute atomic E-state index is 0.171. The molecule has 12 nitrogen and oxygen atoms in total. The minimum atomic E-state index is -1.30. The summed E-state index contributed by atoms with van der Waals surface area (Å²) in [5.74, 6) is -4.40. The van der Waals surface area contributed by atoms with Gasteiger partial charge in [0.05, 0.1) is 0 Å². The van der Waals surface area contributed by atoms with Crippen LogP contribution < -0.4 is 16.4 Å². The van der Waals surface area contributed by atoms with Gasteiger partial charge in [-0.05, 0) is 6.42 Å². The van der Waals surface area contributed by atoms with Gasteiger partial charge in [0.25, 0.3) is 0 Å². The van der Waals surface area contributed by atoms with Crippen molar-refractivity contribution in [3.05, 3.63) is 0 Å². The van der Waals surface area contributed by atoms with E-state index in [-0.39, 0.29) is 23.7 Å². The lowest BCUT2D eigenvalue weighted by Crippen LogP contribution is -2.49. The number of carboxylic acids is 2. The Morgan fingerprint density at radius 1 is 1.20 bits per heavy atom. The summed E-state index contributed by atoms with van der Waals surface area (Å²) >= 11 is 0.522. The number of hydrogen-bond donors (Lipinski definition) is 6. The Hall–Kier alpha value is -2.38. The summed E-state index contributed by atoms with van der Waals surface area (Å²) in [6.07, 6.45) is -0.454. The predicted molar refractivity (Wildman–Crippen MR) is 84.8 cm³/mol. The molecule has 0 aromatic rings. The SMILES string of the molecule is CN(O)C(=O)SC[C@H](NC(=O)CC[C@H](N)C(=O)O)C(=O)NCC(=O)O. The van der Waals surface area contributed by atoms with E-state index in [1.165, 1.54) is 0 Å². The molecular formula is C12H20N4O8S. The molecule has 0 aromatic carbocycles. The van der Waals surface area contributed by atoms with Gasteiger partial charge in [-0.15, -0.1) is 0 Å². The van der Waals surface area contributed by atoms with Gasteiger partial charge in [-0.1, -0.05) is 11.8 Å². The summed E-state index contributed by atoms with van der Waals surface area (Å²) in [4.78, 5) is 56.1. The van der Waals surface area contributed by atoms with Gasteiger partial charge in [-0.2, -0.15) is 0 Å². The third kappa shape index (κ3) is 10.2. The highest BCUT2D eigenvalue weighted by molar-refractivity contribution is 8.13. The Morgan fingerprint density at radius 2 is 1.80 bits per heavy atom. The highest BCUT2D eigenvalue weighted by Crippen LogP contribution is 2.08. The molecule has 0 spiro atoms. The quantitative estimate of drug-likeness (QED) is 0.182. The fourth-order valence-electron chi connectivity index (χ4n) is 1.39. The Balaban J connectivity index is 4.72. The van der Waals surface area contributed by atoms with E-state index >= 15 is 0 Å². The summed E-state index contributed by atoms with van der Waals surface area (Å²) in [5, 5.41) is 29.9. The van der Waals surface area contributed by atoms with Crippen LogP contribution in [-0.4, -0.2) is 80.9 Å². The first-order valence-electron chi connectivity index (χ1n) is 6.91. The Kier molecular flexibility index (Phi) is 10.2. The van der Waals surface area contributed by atoms with Crippen LogP contribution in [0.25, 0.3) is 0 Å². The maximum absolute atomic E-state index is 11.9. The third-order valence-electron chi connectivity index (χ3n) is 2.70. The smallest absolute Gasteiger partial charge is 0.322 e. The van der Waals surface area contributed by atoms with Crippen molar-refractivity contribution in [2.24, 2.45) is 5.73 Å². The zero-order valence-corrected chi connectivity index (χ0v) is 14.1. The lowest BCUT2D eigenvalue weighted by atomic mass is 10.1. The van der Waals surface area contributed by atoms with E-state index in [0.29, 0.717) is 11.8 Å². The maximum atomic E-state index is 11.9. The molecule has 0 radical (unpaired) electrons. The van der Waals surface area contributed by atoms with E-state index in [9.17, 15) is 24.0 Å². The fraction of sp³-hybridized carbons (Fsp3) is 0.583. The molecule has 0 rings (SSSR count). The summed E-state index contributed by atoms with van der Waals surface area (Å²) < 4.78 is 0. The average Bonchev–Trinajstić information content (AvgIpc) is 2.53. The Morgan fingerprint density at radius 3 is 2.28 bits per heavy atom. The molecule has 0 heterocycles. The summed E-state index contributed by atoms with van der Waals surface area (Å²) in [7, 11) is 1.07. The Bertz CT molecular complexity index is 527. The largest absolute Gasteiger partial charge is 0.480 e. The molecule has 0 fully saturated rings. The zero-order valence-electron chi connectivity index (χ0n) is 13.3. The Labute approximate surface area is 146 Å². The first kappa shape index (κ1) is 22.6. The number of hydrogen-bond acceptors (Lipinski definition) is 8. The number of aliphatic carboxylic acids is 2. The molecular weight excluding hydrogens is 360 g/mol. The van der Waals surface area contributed by atoms with Gasteiger partial charge in [-0.3, -0.25) is 29.2 Å². The van der Waals surface area contributed by atoms with Crippen LogP contribution in [0.1, 0.15) is 12.8 Å². The van der Waals surface area contributed by atoms with Gasteiger partial charge >= 0.3 is 17.2 Å². The lowest BCUT2D eigenvalue weighted by molar-refractivity contribution is -0.139. The average molecular weight is 380 g/mol.